The summed E-state index contributed by atoms with van der Waals surface area (Å²) in [5.41, 5.74) is 2.65. The molecule has 0 N–H and O–H groups in total. The highest BCUT2D eigenvalue weighted by Gasteiger charge is 2.34. The van der Waals surface area contributed by atoms with Crippen LogP contribution in [0.4, 0.5) is 5.69 Å². The van der Waals surface area contributed by atoms with Crippen LogP contribution < -0.4 is 4.90 Å². The molecular weight excluding hydrogens is 258 g/mol. The van der Waals surface area contributed by atoms with E-state index in [4.69, 9.17) is 0 Å². The Balaban J connectivity index is 1.74. The van der Waals surface area contributed by atoms with Gasteiger partial charge in [-0.05, 0) is 17.7 Å². The molecule has 0 saturated carbocycles. The van der Waals surface area contributed by atoms with Crippen LogP contribution in [0.3, 0.4) is 0 Å². The smallest absolute Gasteiger partial charge is 0.135 e. The van der Waals surface area contributed by atoms with Gasteiger partial charge in [0.25, 0.3) is 0 Å². The molecule has 18 heavy (non-hydrogen) atoms. The van der Waals surface area contributed by atoms with Gasteiger partial charge in [0.2, 0.25) is 0 Å². The molecule has 0 aromatic heterocycles. The Labute approximate surface area is 115 Å². The lowest BCUT2D eigenvalue weighted by molar-refractivity contribution is 1.15. The minimum atomic E-state index is 0.470. The Bertz CT molecular complexity index is 621. The van der Waals surface area contributed by atoms with Crippen molar-refractivity contribution in [3.8, 4) is 0 Å². The summed E-state index contributed by atoms with van der Waals surface area (Å²) in [6.45, 7) is 0. The average Bonchev–Trinajstić information content (AvgIpc) is 2.97. The topological polar surface area (TPSA) is 3.24 Å². The van der Waals surface area contributed by atoms with Gasteiger partial charge < -0.3 is 4.90 Å². The lowest BCUT2D eigenvalue weighted by Crippen LogP contribution is -2.14. The van der Waals surface area contributed by atoms with E-state index in [9.17, 15) is 0 Å². The Hall–Kier alpha value is -1.32. The second-order valence-corrected chi connectivity index (χ2v) is 6.82. The van der Waals surface area contributed by atoms with Crippen LogP contribution in [0.5, 0.6) is 0 Å². The molecule has 0 fully saturated rings. The maximum absolute atomic E-state index is 2.38. The van der Waals surface area contributed by atoms with Gasteiger partial charge in [-0.2, -0.15) is 0 Å². The van der Waals surface area contributed by atoms with Gasteiger partial charge in [-0.1, -0.05) is 66.0 Å². The fourth-order valence-electron chi connectivity index (χ4n) is 2.27. The zero-order valence-corrected chi connectivity index (χ0v) is 11.2. The van der Waals surface area contributed by atoms with E-state index in [0.29, 0.717) is 4.71 Å². The maximum atomic E-state index is 2.38. The molecule has 2 aromatic carbocycles. The molecule has 0 amide bonds. The standard InChI is InChI=1S/C15H11NS2/c1-2-6-11(7-3-1)14-10-16-12-8-4-5-9-13(12)17-15(16)18-14/h1-10,15H. The largest absolute Gasteiger partial charge is 0.324 e. The van der Waals surface area contributed by atoms with Crippen LogP contribution in [0.2, 0.25) is 0 Å². The van der Waals surface area contributed by atoms with Crippen molar-refractivity contribution in [3.05, 3.63) is 66.4 Å². The van der Waals surface area contributed by atoms with E-state index < -0.39 is 0 Å². The van der Waals surface area contributed by atoms with E-state index in [-0.39, 0.29) is 0 Å². The molecule has 0 bridgehead atoms. The monoisotopic (exact) mass is 269 g/mol. The lowest BCUT2D eigenvalue weighted by Gasteiger charge is -2.13. The van der Waals surface area contributed by atoms with Crippen LogP contribution in [0, 0.1) is 0 Å². The van der Waals surface area contributed by atoms with Crippen molar-refractivity contribution in [2.75, 3.05) is 4.90 Å². The van der Waals surface area contributed by atoms with E-state index in [1.165, 1.54) is 21.1 Å². The minimum absolute atomic E-state index is 0.470. The molecule has 0 spiro atoms. The second kappa shape index (κ2) is 4.11. The summed E-state index contributed by atoms with van der Waals surface area (Å²) in [7, 11) is 0. The quantitative estimate of drug-likeness (QED) is 0.743. The van der Waals surface area contributed by atoms with Crippen molar-refractivity contribution in [3.63, 3.8) is 0 Å². The number of hydrogen-bond acceptors (Lipinski definition) is 3. The lowest BCUT2D eigenvalue weighted by atomic mass is 10.2. The van der Waals surface area contributed by atoms with Crippen molar-refractivity contribution in [2.45, 2.75) is 9.60 Å². The summed E-state index contributed by atoms with van der Waals surface area (Å²) >= 11 is 3.88. The van der Waals surface area contributed by atoms with Crippen molar-refractivity contribution in [2.24, 2.45) is 0 Å². The predicted molar refractivity (Wildman–Crippen MR) is 80.6 cm³/mol. The first-order valence-corrected chi connectivity index (χ1v) is 7.66. The van der Waals surface area contributed by atoms with E-state index in [0.717, 1.165) is 0 Å². The van der Waals surface area contributed by atoms with Crippen LogP contribution in [-0.2, 0) is 0 Å². The third kappa shape index (κ3) is 1.58. The number of anilines is 1. The fourth-order valence-corrected chi connectivity index (χ4v) is 4.99. The third-order valence-electron chi connectivity index (χ3n) is 3.14. The molecule has 1 atom stereocenters. The summed E-state index contributed by atoms with van der Waals surface area (Å²) in [5, 5.41) is 0. The van der Waals surface area contributed by atoms with Crippen molar-refractivity contribution >= 4 is 34.1 Å². The number of thioether (sulfide) groups is 2. The molecule has 1 nitrogen and oxygen atoms in total. The maximum Gasteiger partial charge on any atom is 0.135 e. The second-order valence-electron chi connectivity index (χ2n) is 4.28. The number of hydrogen-bond donors (Lipinski definition) is 0. The highest BCUT2D eigenvalue weighted by molar-refractivity contribution is 8.22. The van der Waals surface area contributed by atoms with Gasteiger partial charge in [0, 0.05) is 16.0 Å². The zero-order chi connectivity index (χ0) is 11.9. The summed E-state index contributed by atoms with van der Waals surface area (Å²) < 4.78 is 0.470. The number of rotatable bonds is 1. The predicted octanol–water partition coefficient (Wildman–Crippen LogP) is 4.63. The Morgan fingerprint density at radius 1 is 0.833 bits per heavy atom. The molecule has 3 heteroatoms. The summed E-state index contributed by atoms with van der Waals surface area (Å²) in [6, 6.07) is 19.2. The number of fused-ring (bicyclic) bond motifs is 3. The Morgan fingerprint density at radius 3 is 2.50 bits per heavy atom. The molecule has 2 heterocycles. The summed E-state index contributed by atoms with van der Waals surface area (Å²) in [4.78, 5) is 5.13. The summed E-state index contributed by atoms with van der Waals surface area (Å²) in [6.07, 6.45) is 2.28. The third-order valence-corrected chi connectivity index (χ3v) is 5.77. The van der Waals surface area contributed by atoms with Crippen LogP contribution in [0.15, 0.2) is 65.7 Å². The van der Waals surface area contributed by atoms with E-state index >= 15 is 0 Å². The van der Waals surface area contributed by atoms with Crippen LogP contribution in [0.1, 0.15) is 5.56 Å². The molecule has 88 valence electrons. The molecule has 0 radical (unpaired) electrons. The summed E-state index contributed by atoms with van der Waals surface area (Å²) in [5.74, 6) is 0. The Kier molecular flexibility index (Phi) is 2.42. The van der Waals surface area contributed by atoms with Gasteiger partial charge >= 0.3 is 0 Å². The Morgan fingerprint density at radius 2 is 1.61 bits per heavy atom. The number of para-hydroxylation sites is 1. The van der Waals surface area contributed by atoms with Gasteiger partial charge in [-0.25, -0.2) is 0 Å². The highest BCUT2D eigenvalue weighted by Crippen LogP contribution is 2.55. The van der Waals surface area contributed by atoms with Crippen molar-refractivity contribution < 1.29 is 0 Å². The van der Waals surface area contributed by atoms with E-state index in [1.807, 2.05) is 23.5 Å². The number of benzene rings is 2. The van der Waals surface area contributed by atoms with Crippen LogP contribution in [-0.4, -0.2) is 4.71 Å². The van der Waals surface area contributed by atoms with Gasteiger partial charge in [-0.15, -0.1) is 0 Å². The van der Waals surface area contributed by atoms with Gasteiger partial charge in [0.15, 0.2) is 0 Å². The first-order valence-electron chi connectivity index (χ1n) is 5.90. The molecule has 2 aromatic rings. The highest BCUT2D eigenvalue weighted by atomic mass is 32.2. The minimum Gasteiger partial charge on any atom is -0.324 e. The normalized spacial score (nSPS) is 20.6. The van der Waals surface area contributed by atoms with Gasteiger partial charge in [0.05, 0.1) is 5.69 Å². The fraction of sp³-hybridized carbons (Fsp3) is 0.0667. The average molecular weight is 269 g/mol. The molecular formula is C15H11NS2. The van der Waals surface area contributed by atoms with Crippen LogP contribution in [0.25, 0.3) is 4.91 Å². The molecule has 2 aliphatic rings. The molecule has 0 aliphatic carbocycles. The first kappa shape index (κ1) is 10.6. The van der Waals surface area contributed by atoms with Crippen molar-refractivity contribution in [1.29, 1.82) is 0 Å². The van der Waals surface area contributed by atoms with E-state index in [2.05, 4.69) is 65.7 Å². The number of nitrogens with zero attached hydrogens (tertiary/aromatic N) is 1. The van der Waals surface area contributed by atoms with Crippen molar-refractivity contribution in [1.82, 2.24) is 0 Å². The molecule has 4 rings (SSSR count). The van der Waals surface area contributed by atoms with Gasteiger partial charge in [0.1, 0.15) is 4.71 Å². The molecule has 0 saturated heterocycles. The molecule has 1 unspecified atom stereocenters. The SMILES string of the molecule is C1=C(c2ccccc2)SC2Sc3ccccc3N12. The van der Waals surface area contributed by atoms with Gasteiger partial charge in [-0.3, -0.25) is 0 Å². The van der Waals surface area contributed by atoms with E-state index in [1.54, 1.807) is 0 Å². The first-order chi connectivity index (χ1) is 8.92. The van der Waals surface area contributed by atoms with Crippen LogP contribution >= 0.6 is 23.5 Å². The molecule has 2 aliphatic heterocycles. The zero-order valence-electron chi connectivity index (χ0n) is 9.61.